The first-order chi connectivity index (χ1) is 20.6. The van der Waals surface area contributed by atoms with E-state index < -0.39 is 5.97 Å². The average molecular weight is 564 g/mol. The van der Waals surface area contributed by atoms with Gasteiger partial charge in [0.1, 0.15) is 36.0 Å². The van der Waals surface area contributed by atoms with E-state index in [9.17, 15) is 4.79 Å². The molecule has 0 saturated carbocycles. The molecule has 1 unspecified atom stereocenters. The Balaban J connectivity index is 1.25. The van der Waals surface area contributed by atoms with Crippen LogP contribution < -0.4 is 19.5 Å². The van der Waals surface area contributed by atoms with Gasteiger partial charge in [0.2, 0.25) is 0 Å². The molecule has 7 heteroatoms. The van der Waals surface area contributed by atoms with E-state index in [-0.39, 0.29) is 12.6 Å². The Bertz CT molecular complexity index is 1700. The summed E-state index contributed by atoms with van der Waals surface area (Å²) in [5, 5.41) is 3.58. The molecule has 0 bridgehead atoms. The number of para-hydroxylation sites is 1. The van der Waals surface area contributed by atoms with Crippen LogP contribution in [0.5, 0.6) is 17.2 Å². The summed E-state index contributed by atoms with van der Waals surface area (Å²) in [6, 6.07) is 30.0. The fraction of sp³-hybridized carbons (Fsp3) is 0.229. The number of nitrogens with two attached hydrogens (primary N) is 1. The highest BCUT2D eigenvalue weighted by Gasteiger charge is 2.29. The highest BCUT2D eigenvalue weighted by atomic mass is 16.5. The zero-order valence-electron chi connectivity index (χ0n) is 23.9. The Morgan fingerprint density at radius 2 is 1.74 bits per heavy atom. The van der Waals surface area contributed by atoms with Crippen molar-refractivity contribution in [2.24, 2.45) is 0 Å². The van der Waals surface area contributed by atoms with Crippen LogP contribution in [0.15, 0.2) is 91.0 Å². The molecule has 1 aromatic heterocycles. The fourth-order valence-corrected chi connectivity index (χ4v) is 5.66. The molecule has 1 aliphatic heterocycles. The number of nitrogens with one attached hydrogen (secondary N) is 1. The normalized spacial score (nSPS) is 14.3. The number of carbonyl (C=O) groups is 1. The molecule has 1 aliphatic rings. The van der Waals surface area contributed by atoms with Gasteiger partial charge in [-0.3, -0.25) is 0 Å². The third kappa shape index (κ3) is 5.69. The van der Waals surface area contributed by atoms with Gasteiger partial charge in [-0.15, -0.1) is 0 Å². The number of rotatable bonds is 10. The largest absolute Gasteiger partial charge is 0.496 e. The van der Waals surface area contributed by atoms with Crippen molar-refractivity contribution in [2.75, 3.05) is 20.3 Å². The number of quaternary nitrogens is 1. The van der Waals surface area contributed by atoms with Crippen molar-refractivity contribution in [3.63, 3.8) is 0 Å². The molecule has 0 fully saturated rings. The quantitative estimate of drug-likeness (QED) is 0.212. The minimum atomic E-state index is -0.398. The van der Waals surface area contributed by atoms with Gasteiger partial charge < -0.3 is 29.2 Å². The van der Waals surface area contributed by atoms with Crippen LogP contribution >= 0.6 is 0 Å². The molecular formula is C35H35N2O5+. The molecule has 42 heavy (non-hydrogen) atoms. The number of aromatic amines is 1. The number of aromatic nitrogens is 1. The first kappa shape index (κ1) is 27.4. The van der Waals surface area contributed by atoms with Crippen LogP contribution in [0.25, 0.3) is 10.9 Å². The van der Waals surface area contributed by atoms with Crippen molar-refractivity contribution in [3.05, 3.63) is 125 Å². The second kappa shape index (κ2) is 12.4. The topological polar surface area (TPSA) is 86.4 Å². The zero-order chi connectivity index (χ0) is 28.9. The van der Waals surface area contributed by atoms with Crippen molar-refractivity contribution >= 4 is 16.9 Å². The second-order valence-corrected chi connectivity index (χ2v) is 10.3. The first-order valence-electron chi connectivity index (χ1n) is 14.3. The van der Waals surface area contributed by atoms with E-state index in [4.69, 9.17) is 18.9 Å². The van der Waals surface area contributed by atoms with Crippen molar-refractivity contribution in [1.29, 1.82) is 0 Å². The Kier molecular flexibility index (Phi) is 8.10. The molecule has 0 saturated heterocycles. The molecule has 6 rings (SSSR count). The van der Waals surface area contributed by atoms with Crippen LogP contribution in [0.2, 0.25) is 0 Å². The number of benzene rings is 4. The molecule has 7 nitrogen and oxygen atoms in total. The van der Waals surface area contributed by atoms with Crippen LogP contribution in [0, 0.1) is 0 Å². The summed E-state index contributed by atoms with van der Waals surface area (Å²) in [4.78, 5) is 16.1. The Morgan fingerprint density at radius 1 is 0.905 bits per heavy atom. The van der Waals surface area contributed by atoms with E-state index in [1.54, 1.807) is 32.2 Å². The highest BCUT2D eigenvalue weighted by Crippen LogP contribution is 2.34. The lowest BCUT2D eigenvalue weighted by Gasteiger charge is -2.22. The van der Waals surface area contributed by atoms with Crippen molar-refractivity contribution < 1.29 is 29.1 Å². The van der Waals surface area contributed by atoms with Gasteiger partial charge in [-0.1, -0.05) is 42.5 Å². The summed E-state index contributed by atoms with van der Waals surface area (Å²) >= 11 is 0. The number of H-pyrrole nitrogens is 1. The Hall–Kier alpha value is -4.75. The van der Waals surface area contributed by atoms with Crippen molar-refractivity contribution in [2.45, 2.75) is 32.6 Å². The van der Waals surface area contributed by atoms with Gasteiger partial charge in [0.15, 0.2) is 6.04 Å². The molecule has 0 aliphatic carbocycles. The van der Waals surface area contributed by atoms with Gasteiger partial charge in [0, 0.05) is 28.5 Å². The standard InChI is InChI=1S/C35H34N2O5/c1-3-40-35(38)28-11-7-8-12-32(28)42-22-25-19-24(13-16-31(25)39-2)33-34-27(17-18-36-33)29-20-26(14-15-30(29)37-34)41-21-23-9-5-4-6-10-23/h4-16,19-20,33,36-37H,3,17-18,21-22H2,1-2H3/p+1. The molecule has 3 N–H and O–H groups in total. The molecular weight excluding hydrogens is 528 g/mol. The molecule has 4 aromatic carbocycles. The van der Waals surface area contributed by atoms with E-state index in [1.807, 2.05) is 36.4 Å². The molecule has 0 radical (unpaired) electrons. The summed E-state index contributed by atoms with van der Waals surface area (Å²) in [7, 11) is 1.66. The summed E-state index contributed by atoms with van der Waals surface area (Å²) in [6.07, 6.45) is 0.977. The lowest BCUT2D eigenvalue weighted by atomic mass is 9.93. The summed E-state index contributed by atoms with van der Waals surface area (Å²) in [5.74, 6) is 1.69. The van der Waals surface area contributed by atoms with Gasteiger partial charge in [-0.2, -0.15) is 0 Å². The van der Waals surface area contributed by atoms with Gasteiger partial charge in [0.25, 0.3) is 0 Å². The third-order valence-corrected chi connectivity index (χ3v) is 7.70. The van der Waals surface area contributed by atoms with Crippen LogP contribution in [0.3, 0.4) is 0 Å². The maximum absolute atomic E-state index is 12.4. The van der Waals surface area contributed by atoms with E-state index in [0.29, 0.717) is 24.5 Å². The average Bonchev–Trinajstić information content (AvgIpc) is 3.41. The minimum Gasteiger partial charge on any atom is -0.496 e. The van der Waals surface area contributed by atoms with Crippen molar-refractivity contribution in [3.8, 4) is 17.2 Å². The molecule has 0 amide bonds. The summed E-state index contributed by atoms with van der Waals surface area (Å²) in [6.45, 7) is 3.86. The fourth-order valence-electron chi connectivity index (χ4n) is 5.66. The third-order valence-electron chi connectivity index (χ3n) is 7.70. The second-order valence-electron chi connectivity index (χ2n) is 10.3. The van der Waals surface area contributed by atoms with Crippen molar-refractivity contribution in [1.82, 2.24) is 4.98 Å². The number of carbonyl (C=O) groups excluding carboxylic acids is 1. The number of hydrogen-bond acceptors (Lipinski definition) is 5. The monoisotopic (exact) mass is 563 g/mol. The number of esters is 1. The predicted molar refractivity (Wildman–Crippen MR) is 161 cm³/mol. The number of fused-ring (bicyclic) bond motifs is 3. The van der Waals surface area contributed by atoms with E-state index in [0.717, 1.165) is 46.7 Å². The van der Waals surface area contributed by atoms with E-state index in [1.165, 1.54) is 16.6 Å². The molecule has 5 aromatic rings. The van der Waals surface area contributed by atoms with E-state index >= 15 is 0 Å². The maximum Gasteiger partial charge on any atom is 0.341 e. The lowest BCUT2D eigenvalue weighted by Crippen LogP contribution is -2.87. The number of ether oxygens (including phenoxy) is 4. The predicted octanol–water partition coefficient (Wildman–Crippen LogP) is 5.72. The van der Waals surface area contributed by atoms with Crippen LogP contribution in [-0.2, 0) is 24.4 Å². The first-order valence-corrected chi connectivity index (χ1v) is 14.3. The summed E-state index contributed by atoms with van der Waals surface area (Å²) < 4.78 is 23.2. The number of hydrogen-bond donors (Lipinski definition) is 2. The highest BCUT2D eigenvalue weighted by molar-refractivity contribution is 5.92. The van der Waals surface area contributed by atoms with Crippen LogP contribution in [-0.4, -0.2) is 31.2 Å². The van der Waals surface area contributed by atoms with Gasteiger partial charge >= 0.3 is 5.97 Å². The van der Waals surface area contributed by atoms with Crippen LogP contribution in [0.4, 0.5) is 0 Å². The Labute approximate surface area is 245 Å². The molecule has 1 atom stereocenters. The Morgan fingerprint density at radius 3 is 2.57 bits per heavy atom. The minimum absolute atomic E-state index is 0.103. The summed E-state index contributed by atoms with van der Waals surface area (Å²) in [5.41, 5.74) is 7.26. The molecule has 0 spiro atoms. The zero-order valence-corrected chi connectivity index (χ0v) is 23.9. The van der Waals surface area contributed by atoms with Gasteiger partial charge in [0.05, 0.1) is 26.0 Å². The van der Waals surface area contributed by atoms with E-state index in [2.05, 4.69) is 46.7 Å². The van der Waals surface area contributed by atoms with Gasteiger partial charge in [-0.05, 0) is 66.6 Å². The van der Waals surface area contributed by atoms with Crippen LogP contribution in [0.1, 0.15) is 51.3 Å². The number of methoxy groups -OCH3 is 1. The lowest BCUT2D eigenvalue weighted by molar-refractivity contribution is -0.690. The smallest absolute Gasteiger partial charge is 0.341 e. The molecule has 214 valence electrons. The SMILES string of the molecule is CCOC(=O)c1ccccc1OCc1cc(C2[NH2+]CCc3c2[nH]c2ccc(OCc4ccccc4)cc32)ccc1OC. The van der Waals surface area contributed by atoms with Gasteiger partial charge in [-0.25, -0.2) is 4.79 Å². The molecule has 2 heterocycles. The maximum atomic E-state index is 12.4.